The summed E-state index contributed by atoms with van der Waals surface area (Å²) in [5.41, 5.74) is -3.10. The minimum Gasteiger partial charge on any atom is -0.506 e. The highest BCUT2D eigenvalue weighted by molar-refractivity contribution is 7.92. The number of aromatic hydroxyl groups is 2. The van der Waals surface area contributed by atoms with Crippen LogP contribution in [0.3, 0.4) is 0 Å². The van der Waals surface area contributed by atoms with Crippen molar-refractivity contribution in [2.75, 3.05) is 35.3 Å². The summed E-state index contributed by atoms with van der Waals surface area (Å²) in [5.74, 6) is -8.03. The summed E-state index contributed by atoms with van der Waals surface area (Å²) in [4.78, 5) is 26.2. The number of rotatable bonds is 8. The molecule has 0 radical (unpaired) electrons. The quantitative estimate of drug-likeness (QED) is 0.143. The topological polar surface area (TPSA) is 223 Å². The molecule has 0 saturated heterocycles. The van der Waals surface area contributed by atoms with Gasteiger partial charge >= 0.3 is 6.18 Å². The van der Waals surface area contributed by atoms with Gasteiger partial charge in [-0.25, -0.2) is 23.4 Å². The average molecular weight is 574 g/mol. The second-order valence-corrected chi connectivity index (χ2v) is 9.82. The molecule has 3 aromatic rings. The fourth-order valence-corrected chi connectivity index (χ4v) is 3.51. The van der Waals surface area contributed by atoms with E-state index in [1.165, 1.54) is 7.05 Å². The Hall–Kier alpha value is -4.49. The molecule has 0 saturated carbocycles. The fourth-order valence-electron chi connectivity index (χ4n) is 3.06. The summed E-state index contributed by atoms with van der Waals surface area (Å²) in [6.45, 7) is 0. The first-order chi connectivity index (χ1) is 18.0. The summed E-state index contributed by atoms with van der Waals surface area (Å²) in [6, 6.07) is 1.90. The molecular weight excluding hydrogens is 553 g/mol. The normalized spacial score (nSPS) is 12.1. The van der Waals surface area contributed by atoms with E-state index in [1.54, 1.807) is 5.32 Å². The van der Waals surface area contributed by atoms with Gasteiger partial charge in [0.1, 0.15) is 28.6 Å². The van der Waals surface area contributed by atoms with E-state index in [1.807, 2.05) is 0 Å². The molecule has 39 heavy (non-hydrogen) atoms. The van der Waals surface area contributed by atoms with Crippen LogP contribution in [0.5, 0.6) is 11.5 Å². The number of benzene rings is 1. The van der Waals surface area contributed by atoms with E-state index < -0.39 is 74.0 Å². The Balaban J connectivity index is 2.07. The van der Waals surface area contributed by atoms with Gasteiger partial charge in [-0.15, -0.1) is 0 Å². The Labute approximate surface area is 218 Å². The molecule has 1 amide bonds. The molecule has 0 spiro atoms. The van der Waals surface area contributed by atoms with Crippen molar-refractivity contribution in [1.82, 2.24) is 25.3 Å². The number of aromatic nitrogens is 4. The maximum atomic E-state index is 13.7. The van der Waals surface area contributed by atoms with E-state index in [-0.39, 0.29) is 11.8 Å². The van der Waals surface area contributed by atoms with Crippen LogP contribution in [0, 0.1) is 0 Å². The van der Waals surface area contributed by atoms with Crippen LogP contribution in [-0.4, -0.2) is 75.0 Å². The van der Waals surface area contributed by atoms with Crippen LogP contribution < -0.4 is 20.3 Å². The summed E-state index contributed by atoms with van der Waals surface area (Å²) < 4.78 is 65.5. The maximum absolute atomic E-state index is 13.7. The largest absolute Gasteiger partial charge is 0.506 e. The van der Waals surface area contributed by atoms with Gasteiger partial charge < -0.3 is 36.4 Å². The molecule has 0 unspecified atom stereocenters. The molecule has 0 aliphatic heterocycles. The zero-order valence-electron chi connectivity index (χ0n) is 20.2. The Morgan fingerprint density at radius 1 is 1.05 bits per heavy atom. The van der Waals surface area contributed by atoms with Crippen LogP contribution in [0.15, 0.2) is 30.7 Å². The Bertz CT molecular complexity index is 1500. The number of halogens is 3. The lowest BCUT2D eigenvalue weighted by molar-refractivity contribution is -0.149. The Kier molecular flexibility index (Phi) is 7.71. The van der Waals surface area contributed by atoms with Crippen LogP contribution in [-0.2, 0) is 22.1 Å². The van der Waals surface area contributed by atoms with Crippen molar-refractivity contribution in [1.29, 1.82) is 0 Å². The number of nitrogens with one attached hydrogen (secondary N) is 3. The summed E-state index contributed by atoms with van der Waals surface area (Å²) >= 11 is 0. The van der Waals surface area contributed by atoms with Crippen molar-refractivity contribution in [3.63, 3.8) is 0 Å². The number of carbonyl (C=O) groups excluding carboxylic acids is 1. The fraction of sp³-hybridized carbons (Fsp3) is 0.250. The second kappa shape index (κ2) is 10.3. The average Bonchev–Trinajstić information content (AvgIpc) is 2.83. The lowest BCUT2D eigenvalue weighted by Crippen LogP contribution is -2.40. The van der Waals surface area contributed by atoms with Crippen molar-refractivity contribution in [2.45, 2.75) is 12.1 Å². The van der Waals surface area contributed by atoms with E-state index in [9.17, 15) is 46.8 Å². The molecule has 0 fully saturated rings. The summed E-state index contributed by atoms with van der Waals surface area (Å²) in [5, 5.41) is 48.0. The number of hydrogen-bond donors (Lipinski definition) is 7. The lowest BCUT2D eigenvalue weighted by atomic mass is 10.1. The van der Waals surface area contributed by atoms with Crippen molar-refractivity contribution < 1.29 is 46.8 Å². The summed E-state index contributed by atoms with van der Waals surface area (Å²) in [7, 11) is -1.70. The minimum atomic E-state index is -5.12. The third-order valence-corrected chi connectivity index (χ3v) is 6.18. The number of nitrogens with zero attached hydrogens (tertiary/aromatic N) is 5. The summed E-state index contributed by atoms with van der Waals surface area (Å²) in [6.07, 6.45) is -2.14. The van der Waals surface area contributed by atoms with Crippen LogP contribution in [0.25, 0.3) is 0 Å². The number of amides is 1. The molecule has 3 rings (SSSR count). The van der Waals surface area contributed by atoms with Gasteiger partial charge in [0.05, 0.1) is 6.26 Å². The van der Waals surface area contributed by atoms with Crippen LogP contribution in [0.2, 0.25) is 0 Å². The van der Waals surface area contributed by atoms with Gasteiger partial charge in [0.2, 0.25) is 16.0 Å². The molecule has 15 nitrogen and oxygen atoms in total. The number of alkyl halides is 3. The first-order valence-corrected chi connectivity index (χ1v) is 12.3. The monoisotopic (exact) mass is 574 g/mol. The van der Waals surface area contributed by atoms with Crippen LogP contribution >= 0.6 is 0 Å². The lowest BCUT2D eigenvalue weighted by Gasteiger charge is -2.27. The molecule has 0 aliphatic rings. The first-order valence-electron chi connectivity index (χ1n) is 10.4. The SMILES string of the molecule is CNC(=O)c1cc(O)c(Nc2ncc(C(F)(F)F)c(NC(O)(O)c3nccnc3N(C)S(C)(=O)=O)n2)c(O)c1. The van der Waals surface area contributed by atoms with Gasteiger partial charge in [0.15, 0.2) is 11.5 Å². The van der Waals surface area contributed by atoms with Gasteiger partial charge in [0, 0.05) is 38.2 Å². The van der Waals surface area contributed by atoms with E-state index in [0.29, 0.717) is 4.31 Å². The highest BCUT2D eigenvalue weighted by atomic mass is 32.2. The number of hydrogen-bond acceptors (Lipinski definition) is 13. The van der Waals surface area contributed by atoms with Gasteiger partial charge in [0.25, 0.3) is 11.8 Å². The smallest absolute Gasteiger partial charge is 0.421 e. The zero-order valence-corrected chi connectivity index (χ0v) is 21.0. The molecule has 2 aromatic heterocycles. The highest BCUT2D eigenvalue weighted by Gasteiger charge is 2.40. The Morgan fingerprint density at radius 3 is 2.18 bits per heavy atom. The second-order valence-electron chi connectivity index (χ2n) is 7.80. The standard InChI is InChI=1S/C20H21F3N8O7S/c1-24-17(34)9-6-11(32)13(12(33)7-9)28-18-27-8-10(19(21,22)23)15(29-18)30-20(35,36)14-16(26-5-4-25-14)31(2)39(3,37)38/h4-8,32-33,35-36H,1-3H3,(H,24,34)(H2,27,28,29,30). The Morgan fingerprint density at radius 2 is 1.64 bits per heavy atom. The van der Waals surface area contributed by atoms with E-state index in [2.05, 4.69) is 30.6 Å². The first kappa shape index (κ1) is 29.1. The number of sulfonamides is 1. The van der Waals surface area contributed by atoms with Gasteiger partial charge in [-0.1, -0.05) is 0 Å². The number of aliphatic hydroxyl groups is 2. The predicted octanol–water partition coefficient (Wildman–Crippen LogP) is 0.403. The molecule has 1 aromatic carbocycles. The van der Waals surface area contributed by atoms with E-state index >= 15 is 0 Å². The zero-order chi connectivity index (χ0) is 29.3. The molecule has 0 atom stereocenters. The van der Waals surface area contributed by atoms with Crippen molar-refractivity contribution in [2.24, 2.45) is 0 Å². The van der Waals surface area contributed by atoms with Gasteiger partial charge in [-0.3, -0.25) is 9.10 Å². The molecule has 0 aliphatic carbocycles. The number of anilines is 4. The number of phenols is 2. The molecule has 7 N–H and O–H groups in total. The molecule has 19 heteroatoms. The minimum absolute atomic E-state index is 0.141. The molecule has 210 valence electrons. The van der Waals surface area contributed by atoms with Crippen molar-refractivity contribution >= 4 is 39.2 Å². The molecular formula is C20H21F3N8O7S. The van der Waals surface area contributed by atoms with Gasteiger partial charge in [-0.05, 0) is 12.1 Å². The maximum Gasteiger partial charge on any atom is 0.421 e. The van der Waals surface area contributed by atoms with Crippen LogP contribution in [0.4, 0.5) is 36.4 Å². The van der Waals surface area contributed by atoms with Crippen LogP contribution in [0.1, 0.15) is 21.6 Å². The number of carbonyl (C=O) groups is 1. The van der Waals surface area contributed by atoms with Crippen molar-refractivity contribution in [3.05, 3.63) is 47.5 Å². The van der Waals surface area contributed by atoms with Gasteiger partial charge in [-0.2, -0.15) is 18.2 Å². The van der Waals surface area contributed by atoms with Crippen molar-refractivity contribution in [3.8, 4) is 11.5 Å². The molecule has 2 heterocycles. The molecule has 0 bridgehead atoms. The number of phenolic OH excluding ortho intramolecular Hbond substituents is 2. The third kappa shape index (κ3) is 6.33. The predicted molar refractivity (Wildman–Crippen MR) is 128 cm³/mol. The highest BCUT2D eigenvalue weighted by Crippen LogP contribution is 2.39. The van der Waals surface area contributed by atoms with E-state index in [4.69, 9.17) is 0 Å². The van der Waals surface area contributed by atoms with E-state index in [0.717, 1.165) is 37.8 Å². The third-order valence-electron chi connectivity index (χ3n) is 5.01.